The quantitative estimate of drug-likeness (QED) is 0.423. The number of sulfonamides is 1. The Labute approximate surface area is 189 Å². The average Bonchev–Trinajstić information content (AvgIpc) is 2.71. The molecule has 1 aromatic carbocycles. The lowest BCUT2D eigenvalue weighted by Crippen LogP contribution is -2.20. The van der Waals surface area contributed by atoms with Crippen molar-refractivity contribution in [1.82, 2.24) is 19.7 Å². The van der Waals surface area contributed by atoms with Gasteiger partial charge in [-0.3, -0.25) is 0 Å². The Morgan fingerprint density at radius 2 is 1.73 bits per heavy atom. The Hall–Kier alpha value is -3.39. The molecule has 0 aliphatic carbocycles. The second-order valence-electron chi connectivity index (χ2n) is 6.76. The van der Waals surface area contributed by atoms with Gasteiger partial charge in [0, 0.05) is 6.07 Å². The summed E-state index contributed by atoms with van der Waals surface area (Å²) in [5.41, 5.74) is 1.13. The van der Waals surface area contributed by atoms with Crippen LogP contribution >= 0.6 is 0 Å². The molecule has 9 nitrogen and oxygen atoms in total. The molecule has 0 bridgehead atoms. The maximum Gasteiger partial charge on any atom is 0.422 e. The van der Waals surface area contributed by atoms with E-state index in [1.807, 2.05) is 6.92 Å². The summed E-state index contributed by atoms with van der Waals surface area (Å²) >= 11 is 0. The monoisotopic (exact) mass is 478 g/mol. The Kier molecular flexibility index (Phi) is 7.08. The van der Waals surface area contributed by atoms with Crippen LogP contribution in [0.3, 0.4) is 0 Å². The largest absolute Gasteiger partial charge is 0.482 e. The van der Waals surface area contributed by atoms with Crippen molar-refractivity contribution in [3.05, 3.63) is 48.3 Å². The van der Waals surface area contributed by atoms with E-state index in [-0.39, 0.29) is 22.2 Å². The summed E-state index contributed by atoms with van der Waals surface area (Å²) in [6.45, 7) is 0.279. The molecular weight excluding hydrogens is 460 g/mol. The standard InChI is InChI=1S/C19H18BF3N6O3S/c1-11-5-15(20)28-18(6-11)29-17-8-16(25-10-26-17)27-13-7-12(33(30,31)24-2)3-4-14(13)32-9-19(21,22)23/h3-8,10,24H,9H2,1-2H3,(H2,25,26,27,28,29). The summed E-state index contributed by atoms with van der Waals surface area (Å²) in [6, 6.07) is 8.26. The van der Waals surface area contributed by atoms with E-state index in [9.17, 15) is 21.6 Å². The van der Waals surface area contributed by atoms with E-state index in [0.717, 1.165) is 23.8 Å². The van der Waals surface area contributed by atoms with Crippen LogP contribution in [0, 0.1) is 6.92 Å². The first-order valence-corrected chi connectivity index (χ1v) is 10.8. The summed E-state index contributed by atoms with van der Waals surface area (Å²) in [5, 5.41) is 5.72. The maximum absolute atomic E-state index is 12.6. The van der Waals surface area contributed by atoms with E-state index in [1.54, 1.807) is 12.1 Å². The lowest BCUT2D eigenvalue weighted by atomic mass is 10.0. The van der Waals surface area contributed by atoms with Crippen molar-refractivity contribution in [3.63, 3.8) is 0 Å². The molecule has 2 heterocycles. The topological polar surface area (TPSA) is 118 Å². The number of halogens is 3. The zero-order valence-electron chi connectivity index (χ0n) is 17.4. The van der Waals surface area contributed by atoms with Gasteiger partial charge in [-0.1, -0.05) is 0 Å². The molecule has 0 unspecified atom stereocenters. The van der Waals surface area contributed by atoms with Crippen molar-refractivity contribution in [3.8, 4) is 5.75 Å². The smallest absolute Gasteiger partial charge is 0.422 e. The summed E-state index contributed by atoms with van der Waals surface area (Å²) in [4.78, 5) is 12.0. The first kappa shape index (κ1) is 24.3. The third-order valence-corrected chi connectivity index (χ3v) is 5.51. The predicted octanol–water partition coefficient (Wildman–Crippen LogP) is 2.31. The third kappa shape index (κ3) is 6.80. The number of benzene rings is 1. The minimum Gasteiger partial charge on any atom is -0.482 e. The fraction of sp³-hybridized carbons (Fsp3) is 0.211. The first-order chi connectivity index (χ1) is 15.4. The number of rotatable bonds is 8. The molecule has 2 radical (unpaired) electrons. The normalized spacial score (nSPS) is 11.8. The molecule has 3 aromatic rings. The number of ether oxygens (including phenoxy) is 1. The van der Waals surface area contributed by atoms with Crippen LogP contribution in [0.25, 0.3) is 0 Å². The van der Waals surface area contributed by atoms with Gasteiger partial charge in [-0.25, -0.2) is 28.1 Å². The molecule has 2 aromatic heterocycles. The summed E-state index contributed by atoms with van der Waals surface area (Å²) < 4.78 is 69.2. The lowest BCUT2D eigenvalue weighted by Gasteiger charge is -2.16. The first-order valence-electron chi connectivity index (χ1n) is 9.32. The minimum atomic E-state index is -4.58. The van der Waals surface area contributed by atoms with Crippen LogP contribution in [-0.2, 0) is 10.0 Å². The number of aromatic nitrogens is 3. The SMILES string of the molecule is [B]c1cc(C)cc(Nc2cc(Nc3cc(S(=O)(=O)NC)ccc3OCC(F)(F)F)ncn2)n1. The highest BCUT2D eigenvalue weighted by molar-refractivity contribution is 7.89. The molecule has 0 spiro atoms. The number of alkyl halides is 3. The number of hydrogen-bond donors (Lipinski definition) is 3. The Morgan fingerprint density at radius 3 is 2.36 bits per heavy atom. The van der Waals surface area contributed by atoms with Crippen molar-refractivity contribution in [2.24, 2.45) is 0 Å². The fourth-order valence-electron chi connectivity index (χ4n) is 2.70. The van der Waals surface area contributed by atoms with E-state index in [1.165, 1.54) is 19.4 Å². The molecule has 0 amide bonds. The molecule has 0 aliphatic rings. The highest BCUT2D eigenvalue weighted by atomic mass is 32.2. The van der Waals surface area contributed by atoms with Gasteiger partial charge in [-0.15, -0.1) is 0 Å². The van der Waals surface area contributed by atoms with E-state index in [0.29, 0.717) is 17.2 Å². The van der Waals surface area contributed by atoms with Gasteiger partial charge in [-0.05, 0) is 55.5 Å². The van der Waals surface area contributed by atoms with Gasteiger partial charge in [-0.2, -0.15) is 13.2 Å². The number of aryl methyl sites for hydroxylation is 1. The number of nitrogens with one attached hydrogen (secondary N) is 3. The van der Waals surface area contributed by atoms with Crippen molar-refractivity contribution < 1.29 is 26.3 Å². The van der Waals surface area contributed by atoms with Crippen LogP contribution in [-0.4, -0.2) is 51.0 Å². The highest BCUT2D eigenvalue weighted by Gasteiger charge is 2.29. The number of pyridine rings is 1. The summed E-state index contributed by atoms with van der Waals surface area (Å²) in [5.74, 6) is 0.669. The van der Waals surface area contributed by atoms with Gasteiger partial charge < -0.3 is 15.4 Å². The van der Waals surface area contributed by atoms with Crippen LogP contribution < -0.4 is 25.7 Å². The molecule has 0 aliphatic heterocycles. The number of nitrogens with zero attached hydrogens (tertiary/aromatic N) is 3. The number of hydrogen-bond acceptors (Lipinski definition) is 8. The Bertz CT molecular complexity index is 1240. The molecule has 3 rings (SSSR count). The number of anilines is 4. The molecular formula is C19H18BF3N6O3S. The summed E-state index contributed by atoms with van der Waals surface area (Å²) in [6.07, 6.45) is -3.38. The van der Waals surface area contributed by atoms with Gasteiger partial charge >= 0.3 is 6.18 Å². The van der Waals surface area contributed by atoms with E-state index in [4.69, 9.17) is 12.6 Å². The second kappa shape index (κ2) is 9.62. The van der Waals surface area contributed by atoms with Crippen molar-refractivity contribution in [2.45, 2.75) is 18.0 Å². The van der Waals surface area contributed by atoms with E-state index < -0.39 is 22.8 Å². The highest BCUT2D eigenvalue weighted by Crippen LogP contribution is 2.32. The van der Waals surface area contributed by atoms with Crippen LogP contribution in [0.15, 0.2) is 47.6 Å². The van der Waals surface area contributed by atoms with Gasteiger partial charge in [0.25, 0.3) is 0 Å². The molecule has 33 heavy (non-hydrogen) atoms. The zero-order valence-corrected chi connectivity index (χ0v) is 18.3. The van der Waals surface area contributed by atoms with Gasteiger partial charge in [0.2, 0.25) is 10.0 Å². The molecule has 0 saturated carbocycles. The third-order valence-electron chi connectivity index (χ3n) is 4.10. The van der Waals surface area contributed by atoms with Crippen molar-refractivity contribution in [1.29, 1.82) is 0 Å². The molecule has 172 valence electrons. The molecule has 0 saturated heterocycles. The lowest BCUT2D eigenvalue weighted by molar-refractivity contribution is -0.153. The van der Waals surface area contributed by atoms with Gasteiger partial charge in [0.15, 0.2) is 6.61 Å². The summed E-state index contributed by atoms with van der Waals surface area (Å²) in [7, 11) is 3.09. The Morgan fingerprint density at radius 1 is 1.03 bits per heavy atom. The maximum atomic E-state index is 12.6. The second-order valence-corrected chi connectivity index (χ2v) is 8.65. The van der Waals surface area contributed by atoms with Gasteiger partial charge in [0.1, 0.15) is 37.4 Å². The Balaban J connectivity index is 1.91. The van der Waals surface area contributed by atoms with Crippen LogP contribution in [0.2, 0.25) is 0 Å². The van der Waals surface area contributed by atoms with Gasteiger partial charge in [0.05, 0.1) is 10.6 Å². The van der Waals surface area contributed by atoms with Crippen LogP contribution in [0.4, 0.5) is 36.3 Å². The molecule has 0 atom stereocenters. The minimum absolute atomic E-state index is 0.0434. The predicted molar refractivity (Wildman–Crippen MR) is 117 cm³/mol. The molecule has 0 fully saturated rings. The van der Waals surface area contributed by atoms with Crippen LogP contribution in [0.1, 0.15) is 5.56 Å². The van der Waals surface area contributed by atoms with Crippen LogP contribution in [0.5, 0.6) is 5.75 Å². The van der Waals surface area contributed by atoms with Crippen molar-refractivity contribution >= 4 is 46.6 Å². The van der Waals surface area contributed by atoms with E-state index in [2.05, 4.69) is 30.3 Å². The molecule has 14 heteroatoms. The average molecular weight is 478 g/mol. The van der Waals surface area contributed by atoms with Crippen molar-refractivity contribution in [2.75, 3.05) is 24.3 Å². The molecule has 3 N–H and O–H groups in total. The van der Waals surface area contributed by atoms with E-state index >= 15 is 0 Å². The zero-order chi connectivity index (χ0) is 24.2. The fourth-order valence-corrected chi connectivity index (χ4v) is 3.45.